The van der Waals surface area contributed by atoms with Gasteiger partial charge >= 0.3 is 0 Å². The highest BCUT2D eigenvalue weighted by Gasteiger charge is 2.26. The van der Waals surface area contributed by atoms with Crippen LogP contribution < -0.4 is 5.56 Å². The summed E-state index contributed by atoms with van der Waals surface area (Å²) in [7, 11) is 1.83. The molecule has 1 fully saturated rings. The minimum absolute atomic E-state index is 0.0435. The summed E-state index contributed by atoms with van der Waals surface area (Å²) < 4.78 is 1.68. The zero-order valence-electron chi connectivity index (χ0n) is 14.2. The van der Waals surface area contributed by atoms with Crippen LogP contribution in [0.25, 0.3) is 0 Å². The highest BCUT2D eigenvalue weighted by Crippen LogP contribution is 2.21. The highest BCUT2D eigenvalue weighted by atomic mass is 16.1. The van der Waals surface area contributed by atoms with E-state index in [2.05, 4.69) is 20.2 Å². The first-order chi connectivity index (χ1) is 11.7. The molecule has 7 nitrogen and oxygen atoms in total. The van der Waals surface area contributed by atoms with E-state index in [-0.39, 0.29) is 5.56 Å². The molecule has 0 aromatic carbocycles. The van der Waals surface area contributed by atoms with E-state index in [1.165, 1.54) is 12.8 Å². The lowest BCUT2D eigenvalue weighted by Crippen LogP contribution is -2.37. The maximum atomic E-state index is 12.4. The molecule has 1 aliphatic carbocycles. The van der Waals surface area contributed by atoms with Gasteiger partial charge in [-0.3, -0.25) is 9.69 Å². The van der Waals surface area contributed by atoms with E-state index in [0.29, 0.717) is 12.6 Å². The number of rotatable bonds is 4. The fourth-order valence-electron chi connectivity index (χ4n) is 3.91. The smallest absolute Gasteiger partial charge is 0.267 e. The molecular formula is C17H24N6O. The van der Waals surface area contributed by atoms with Crippen molar-refractivity contribution < 1.29 is 0 Å². The summed E-state index contributed by atoms with van der Waals surface area (Å²) >= 11 is 0. The van der Waals surface area contributed by atoms with Gasteiger partial charge in [-0.1, -0.05) is 0 Å². The van der Waals surface area contributed by atoms with Gasteiger partial charge in [0.15, 0.2) is 0 Å². The molecule has 1 atom stereocenters. The third-order valence-electron chi connectivity index (χ3n) is 5.17. The van der Waals surface area contributed by atoms with Gasteiger partial charge in [-0.25, -0.2) is 4.68 Å². The second-order valence-corrected chi connectivity index (χ2v) is 6.94. The van der Waals surface area contributed by atoms with Crippen molar-refractivity contribution in [2.24, 2.45) is 7.05 Å². The summed E-state index contributed by atoms with van der Waals surface area (Å²) in [5, 5.41) is 13.2. The molecule has 2 aromatic heterocycles. The molecule has 3 heterocycles. The predicted molar refractivity (Wildman–Crippen MR) is 89.6 cm³/mol. The van der Waals surface area contributed by atoms with Crippen LogP contribution in [-0.2, 0) is 33.0 Å². The fraction of sp³-hybridized carbons (Fsp3) is 0.647. The van der Waals surface area contributed by atoms with Crippen LogP contribution >= 0.6 is 0 Å². The standard InChI is InChI=1S/C17H24N6O/c1-21-18-10-14(19-21)11-22-8-4-6-15(22)12-23-17(24)9-13-5-2-3-7-16(13)20-23/h9-10,15H,2-8,11-12H2,1H3. The van der Waals surface area contributed by atoms with Gasteiger partial charge < -0.3 is 0 Å². The third-order valence-corrected chi connectivity index (χ3v) is 5.17. The number of nitrogens with zero attached hydrogens (tertiary/aromatic N) is 6. The van der Waals surface area contributed by atoms with Crippen LogP contribution in [0.5, 0.6) is 0 Å². The van der Waals surface area contributed by atoms with Crippen molar-refractivity contribution in [3.63, 3.8) is 0 Å². The Kier molecular flexibility index (Phi) is 4.18. The zero-order chi connectivity index (χ0) is 16.5. The molecule has 0 radical (unpaired) electrons. The molecule has 1 saturated heterocycles. The lowest BCUT2D eigenvalue weighted by atomic mass is 9.97. The molecule has 0 N–H and O–H groups in total. The fourth-order valence-corrected chi connectivity index (χ4v) is 3.91. The van der Waals surface area contributed by atoms with Gasteiger partial charge in [0.2, 0.25) is 0 Å². The first-order valence-electron chi connectivity index (χ1n) is 8.88. The number of aromatic nitrogens is 5. The lowest BCUT2D eigenvalue weighted by Gasteiger charge is -2.24. The molecule has 1 aliphatic heterocycles. The Morgan fingerprint density at radius 3 is 2.92 bits per heavy atom. The normalized spacial score (nSPS) is 21.1. The summed E-state index contributed by atoms with van der Waals surface area (Å²) in [5.41, 5.74) is 3.31. The quantitative estimate of drug-likeness (QED) is 0.835. The summed E-state index contributed by atoms with van der Waals surface area (Å²) in [6, 6.07) is 2.16. The molecule has 4 rings (SSSR count). The van der Waals surface area contributed by atoms with Crippen molar-refractivity contribution in [3.05, 3.63) is 39.6 Å². The molecule has 0 bridgehead atoms. The van der Waals surface area contributed by atoms with Gasteiger partial charge in [0.05, 0.1) is 24.1 Å². The van der Waals surface area contributed by atoms with Crippen LogP contribution in [0.2, 0.25) is 0 Å². The van der Waals surface area contributed by atoms with E-state index < -0.39 is 0 Å². The Hall–Kier alpha value is -2.02. The lowest BCUT2D eigenvalue weighted by molar-refractivity contribution is 0.213. The maximum Gasteiger partial charge on any atom is 0.267 e. The Bertz CT molecular complexity index is 780. The molecule has 2 aromatic rings. The van der Waals surface area contributed by atoms with Crippen LogP contribution in [0.3, 0.4) is 0 Å². The van der Waals surface area contributed by atoms with E-state index in [4.69, 9.17) is 0 Å². The van der Waals surface area contributed by atoms with Crippen molar-refractivity contribution in [2.75, 3.05) is 6.54 Å². The molecule has 0 saturated carbocycles. The molecule has 128 valence electrons. The first-order valence-corrected chi connectivity index (χ1v) is 8.88. The first kappa shape index (κ1) is 15.5. The summed E-state index contributed by atoms with van der Waals surface area (Å²) in [4.78, 5) is 16.4. The average Bonchev–Trinajstić information content (AvgIpc) is 3.18. The summed E-state index contributed by atoms with van der Waals surface area (Å²) in [6.45, 7) is 2.51. The van der Waals surface area contributed by atoms with E-state index >= 15 is 0 Å². The maximum absolute atomic E-state index is 12.4. The molecule has 2 aliphatic rings. The Balaban J connectivity index is 1.50. The molecule has 1 unspecified atom stereocenters. The largest absolute Gasteiger partial charge is 0.293 e. The monoisotopic (exact) mass is 328 g/mol. The Morgan fingerprint density at radius 1 is 1.21 bits per heavy atom. The number of fused-ring (bicyclic) bond motifs is 1. The van der Waals surface area contributed by atoms with Crippen LogP contribution in [0.4, 0.5) is 0 Å². The minimum Gasteiger partial charge on any atom is -0.293 e. The molecule has 0 amide bonds. The molecule has 7 heteroatoms. The van der Waals surface area contributed by atoms with Crippen LogP contribution in [0.1, 0.15) is 42.6 Å². The second kappa shape index (κ2) is 6.47. The van der Waals surface area contributed by atoms with Crippen molar-refractivity contribution in [1.82, 2.24) is 29.7 Å². The van der Waals surface area contributed by atoms with Crippen molar-refractivity contribution in [1.29, 1.82) is 0 Å². The van der Waals surface area contributed by atoms with E-state index in [0.717, 1.165) is 55.7 Å². The van der Waals surface area contributed by atoms with E-state index in [1.807, 2.05) is 19.3 Å². The SMILES string of the molecule is Cn1ncc(CN2CCCC2Cn2nc3c(cc2=O)CCCC3)n1. The van der Waals surface area contributed by atoms with Gasteiger partial charge in [-0.15, -0.1) is 0 Å². The molecule has 24 heavy (non-hydrogen) atoms. The number of likely N-dealkylation sites (tertiary alicyclic amines) is 1. The van der Waals surface area contributed by atoms with Crippen molar-refractivity contribution in [2.45, 2.75) is 57.7 Å². The van der Waals surface area contributed by atoms with Crippen LogP contribution in [0, 0.1) is 0 Å². The zero-order valence-corrected chi connectivity index (χ0v) is 14.2. The topological polar surface area (TPSA) is 68.8 Å². The second-order valence-electron chi connectivity index (χ2n) is 6.94. The van der Waals surface area contributed by atoms with E-state index in [1.54, 1.807) is 9.48 Å². The van der Waals surface area contributed by atoms with Gasteiger partial charge in [-0.2, -0.15) is 20.1 Å². The predicted octanol–water partition coefficient (Wildman–Crippen LogP) is 0.915. The van der Waals surface area contributed by atoms with Crippen molar-refractivity contribution >= 4 is 0 Å². The van der Waals surface area contributed by atoms with Gasteiger partial charge in [-0.05, 0) is 50.6 Å². The minimum atomic E-state index is 0.0435. The van der Waals surface area contributed by atoms with E-state index in [9.17, 15) is 4.79 Å². The van der Waals surface area contributed by atoms with Crippen LogP contribution in [0.15, 0.2) is 17.1 Å². The van der Waals surface area contributed by atoms with Crippen LogP contribution in [-0.4, -0.2) is 42.3 Å². The number of hydrogen-bond acceptors (Lipinski definition) is 5. The summed E-state index contributed by atoms with van der Waals surface area (Å²) in [6.07, 6.45) is 8.44. The van der Waals surface area contributed by atoms with Crippen molar-refractivity contribution in [3.8, 4) is 0 Å². The highest BCUT2D eigenvalue weighted by molar-refractivity contribution is 5.20. The van der Waals surface area contributed by atoms with Gasteiger partial charge in [0.1, 0.15) is 0 Å². The molecule has 0 spiro atoms. The number of hydrogen-bond donors (Lipinski definition) is 0. The third kappa shape index (κ3) is 3.13. The Morgan fingerprint density at radius 2 is 2.08 bits per heavy atom. The van der Waals surface area contributed by atoms with Gasteiger partial charge in [0, 0.05) is 25.7 Å². The van der Waals surface area contributed by atoms with Gasteiger partial charge in [0.25, 0.3) is 5.56 Å². The average molecular weight is 328 g/mol. The Labute approximate surface area is 141 Å². The molecular weight excluding hydrogens is 304 g/mol. The summed E-state index contributed by atoms with van der Waals surface area (Å²) in [5.74, 6) is 0. The number of aryl methyl sites for hydroxylation is 3.